The fourth-order valence-electron chi connectivity index (χ4n) is 2.81. The molecule has 0 radical (unpaired) electrons. The van der Waals surface area contributed by atoms with Crippen molar-refractivity contribution in [3.8, 4) is 0 Å². The highest BCUT2D eigenvalue weighted by atomic mass is 32.1. The van der Waals surface area contributed by atoms with Crippen LogP contribution in [0, 0.1) is 0 Å². The summed E-state index contributed by atoms with van der Waals surface area (Å²) < 4.78 is 6.13. The first-order valence-corrected chi connectivity index (χ1v) is 8.36. The van der Waals surface area contributed by atoms with Crippen LogP contribution in [-0.2, 0) is 17.6 Å². The van der Waals surface area contributed by atoms with Gasteiger partial charge in [0.25, 0.3) is 0 Å². The molecule has 2 nitrogen and oxygen atoms in total. The highest BCUT2D eigenvalue weighted by molar-refractivity contribution is 7.11. The lowest BCUT2D eigenvalue weighted by molar-refractivity contribution is -0.0702. The molecule has 0 aliphatic heterocycles. The third-order valence-electron chi connectivity index (χ3n) is 4.08. The zero-order chi connectivity index (χ0) is 14.3. The topological polar surface area (TPSA) is 21.3 Å². The van der Waals surface area contributed by atoms with Crippen molar-refractivity contribution < 1.29 is 4.74 Å². The zero-order valence-corrected chi connectivity index (χ0v) is 13.9. The number of hydrogen-bond acceptors (Lipinski definition) is 3. The van der Waals surface area contributed by atoms with Gasteiger partial charge >= 0.3 is 0 Å². The Morgan fingerprint density at radius 1 is 1.16 bits per heavy atom. The van der Waals surface area contributed by atoms with Gasteiger partial charge in [-0.15, -0.1) is 11.3 Å². The minimum Gasteiger partial charge on any atom is -0.374 e. The van der Waals surface area contributed by atoms with Gasteiger partial charge in [-0.2, -0.15) is 0 Å². The molecule has 1 aromatic heterocycles. The molecule has 0 saturated carbocycles. The van der Waals surface area contributed by atoms with Crippen LogP contribution in [0.4, 0.5) is 0 Å². The van der Waals surface area contributed by atoms with E-state index in [0.717, 1.165) is 32.3 Å². The monoisotopic (exact) mass is 283 g/mol. The smallest absolute Gasteiger partial charge is 0.0832 e. The van der Waals surface area contributed by atoms with E-state index in [1.54, 1.807) is 0 Å². The summed E-state index contributed by atoms with van der Waals surface area (Å²) in [5.41, 5.74) is -0.0418. The second-order valence-corrected chi connectivity index (χ2v) is 6.22. The van der Waals surface area contributed by atoms with Crippen molar-refractivity contribution in [2.75, 3.05) is 13.7 Å². The summed E-state index contributed by atoms with van der Waals surface area (Å²) in [6, 6.07) is 4.91. The first kappa shape index (κ1) is 16.7. The molecule has 3 heteroatoms. The van der Waals surface area contributed by atoms with Gasteiger partial charge in [0, 0.05) is 22.4 Å². The summed E-state index contributed by atoms with van der Waals surface area (Å²) in [4.78, 5) is 2.93. The molecule has 0 aliphatic rings. The molecule has 1 atom stereocenters. The Labute approximate surface area is 122 Å². The number of likely N-dealkylation sites (N-methyl/N-ethyl adjacent to an activating group) is 1. The predicted molar refractivity (Wildman–Crippen MR) is 85.2 cm³/mol. The Balaban J connectivity index is 2.84. The number of nitrogens with one attached hydrogen (secondary N) is 1. The summed E-state index contributed by atoms with van der Waals surface area (Å²) in [6.07, 6.45) is 4.29. The Bertz CT molecular complexity index is 357. The predicted octanol–water partition coefficient (Wildman–Crippen LogP) is 4.04. The summed E-state index contributed by atoms with van der Waals surface area (Å²) in [5.74, 6) is 0. The maximum Gasteiger partial charge on any atom is 0.0832 e. The highest BCUT2D eigenvalue weighted by Crippen LogP contribution is 2.29. The van der Waals surface area contributed by atoms with E-state index in [0.29, 0.717) is 6.04 Å². The van der Waals surface area contributed by atoms with Gasteiger partial charge in [0.15, 0.2) is 0 Å². The van der Waals surface area contributed by atoms with Crippen LogP contribution in [0.2, 0.25) is 0 Å². The molecule has 0 fully saturated rings. The standard InChI is InChI=1S/C16H29NOS/c1-6-13-10-11-14(19-13)12-15(17-5)16(7-2,8-3)18-9-4/h10-11,15,17H,6-9,12H2,1-5H3. The average molecular weight is 283 g/mol. The first-order valence-electron chi connectivity index (χ1n) is 7.54. The molecule has 1 N–H and O–H groups in total. The fraction of sp³-hybridized carbons (Fsp3) is 0.750. The first-order chi connectivity index (χ1) is 9.15. The molecule has 19 heavy (non-hydrogen) atoms. The van der Waals surface area contributed by atoms with Gasteiger partial charge in [0.1, 0.15) is 0 Å². The molecule has 110 valence electrons. The second-order valence-electron chi connectivity index (χ2n) is 4.97. The van der Waals surface area contributed by atoms with Crippen LogP contribution >= 0.6 is 11.3 Å². The van der Waals surface area contributed by atoms with E-state index in [4.69, 9.17) is 4.74 Å². The van der Waals surface area contributed by atoms with Crippen LogP contribution in [0.25, 0.3) is 0 Å². The van der Waals surface area contributed by atoms with Gasteiger partial charge in [0.2, 0.25) is 0 Å². The normalized spacial score (nSPS) is 13.7. The van der Waals surface area contributed by atoms with Gasteiger partial charge in [-0.1, -0.05) is 20.8 Å². The molecular weight excluding hydrogens is 254 g/mol. The summed E-state index contributed by atoms with van der Waals surface area (Å²) >= 11 is 1.94. The van der Waals surface area contributed by atoms with Crippen molar-refractivity contribution in [1.29, 1.82) is 0 Å². The van der Waals surface area contributed by atoms with Crippen LogP contribution in [0.15, 0.2) is 12.1 Å². The van der Waals surface area contributed by atoms with Crippen LogP contribution in [0.3, 0.4) is 0 Å². The van der Waals surface area contributed by atoms with Crippen molar-refractivity contribution in [2.45, 2.75) is 65.0 Å². The van der Waals surface area contributed by atoms with Crippen molar-refractivity contribution in [3.63, 3.8) is 0 Å². The molecule has 0 aromatic carbocycles. The molecule has 0 amide bonds. The van der Waals surface area contributed by atoms with E-state index >= 15 is 0 Å². The average Bonchev–Trinajstić information content (AvgIpc) is 2.90. The molecule has 0 aliphatic carbocycles. The Morgan fingerprint density at radius 3 is 2.21 bits per heavy atom. The van der Waals surface area contributed by atoms with E-state index in [1.807, 2.05) is 11.3 Å². The van der Waals surface area contributed by atoms with E-state index in [-0.39, 0.29) is 5.60 Å². The van der Waals surface area contributed by atoms with Crippen LogP contribution in [0.5, 0.6) is 0 Å². The summed E-state index contributed by atoms with van der Waals surface area (Å²) in [6.45, 7) is 9.55. The highest BCUT2D eigenvalue weighted by Gasteiger charge is 2.35. The SMILES string of the molecule is CCOC(CC)(CC)C(Cc1ccc(CC)s1)NC. The molecule has 0 saturated heterocycles. The van der Waals surface area contributed by atoms with E-state index < -0.39 is 0 Å². The molecule has 0 spiro atoms. The zero-order valence-electron chi connectivity index (χ0n) is 13.1. The summed E-state index contributed by atoms with van der Waals surface area (Å²) in [5, 5.41) is 3.49. The van der Waals surface area contributed by atoms with Crippen molar-refractivity contribution in [3.05, 3.63) is 21.9 Å². The number of aryl methyl sites for hydroxylation is 1. The maximum atomic E-state index is 6.13. The Morgan fingerprint density at radius 2 is 1.79 bits per heavy atom. The fourth-order valence-corrected chi connectivity index (χ4v) is 3.81. The third kappa shape index (κ3) is 4.04. The Hall–Kier alpha value is -0.380. The van der Waals surface area contributed by atoms with Crippen molar-refractivity contribution in [1.82, 2.24) is 5.32 Å². The molecular formula is C16H29NOS. The van der Waals surface area contributed by atoms with Crippen LogP contribution in [-0.4, -0.2) is 25.3 Å². The Kier molecular flexibility index (Phi) is 7.05. The molecule has 1 unspecified atom stereocenters. The lowest BCUT2D eigenvalue weighted by Gasteiger charge is -2.39. The van der Waals surface area contributed by atoms with E-state index in [1.165, 1.54) is 9.75 Å². The largest absolute Gasteiger partial charge is 0.374 e. The lowest BCUT2D eigenvalue weighted by atomic mass is 9.86. The number of rotatable bonds is 9. The van der Waals surface area contributed by atoms with E-state index in [9.17, 15) is 0 Å². The van der Waals surface area contributed by atoms with Crippen LogP contribution < -0.4 is 5.32 Å². The molecule has 1 rings (SSSR count). The number of ether oxygens (including phenoxy) is 1. The quantitative estimate of drug-likeness (QED) is 0.738. The third-order valence-corrected chi connectivity index (χ3v) is 5.34. The molecule has 1 heterocycles. The minimum absolute atomic E-state index is 0.0418. The van der Waals surface area contributed by atoms with E-state index in [2.05, 4.69) is 52.2 Å². The van der Waals surface area contributed by atoms with Crippen molar-refractivity contribution >= 4 is 11.3 Å². The van der Waals surface area contributed by atoms with Gasteiger partial charge in [0.05, 0.1) is 5.60 Å². The molecule has 0 bridgehead atoms. The number of thiophene rings is 1. The van der Waals surface area contributed by atoms with Gasteiger partial charge < -0.3 is 10.1 Å². The number of hydrogen-bond donors (Lipinski definition) is 1. The summed E-state index contributed by atoms with van der Waals surface area (Å²) in [7, 11) is 2.05. The van der Waals surface area contributed by atoms with Crippen molar-refractivity contribution in [2.24, 2.45) is 0 Å². The minimum atomic E-state index is -0.0418. The van der Waals surface area contributed by atoms with Crippen LogP contribution in [0.1, 0.15) is 50.3 Å². The van der Waals surface area contributed by atoms with Gasteiger partial charge in [-0.05, 0) is 51.8 Å². The lowest BCUT2D eigenvalue weighted by Crippen LogP contribution is -2.52. The second kappa shape index (κ2) is 8.03. The molecule has 1 aromatic rings. The van der Waals surface area contributed by atoms with Gasteiger partial charge in [-0.3, -0.25) is 0 Å². The maximum absolute atomic E-state index is 6.13. The van der Waals surface area contributed by atoms with Gasteiger partial charge in [-0.25, -0.2) is 0 Å².